The van der Waals surface area contributed by atoms with E-state index in [2.05, 4.69) is 10.3 Å². The van der Waals surface area contributed by atoms with Crippen LogP contribution in [0.2, 0.25) is 10.0 Å². The molecular formula is C14H10Cl2N2O3. The van der Waals surface area contributed by atoms with Crippen molar-refractivity contribution in [1.29, 1.82) is 0 Å². The van der Waals surface area contributed by atoms with Crippen LogP contribution in [0.3, 0.4) is 0 Å². The molecule has 108 valence electrons. The van der Waals surface area contributed by atoms with E-state index >= 15 is 0 Å². The van der Waals surface area contributed by atoms with Gasteiger partial charge in [0.1, 0.15) is 5.69 Å². The molecule has 5 nitrogen and oxygen atoms in total. The Morgan fingerprint density at radius 3 is 2.48 bits per heavy atom. The van der Waals surface area contributed by atoms with Crippen LogP contribution in [0.25, 0.3) is 0 Å². The molecule has 0 radical (unpaired) electrons. The van der Waals surface area contributed by atoms with Crippen molar-refractivity contribution < 1.29 is 14.7 Å². The van der Waals surface area contributed by atoms with E-state index in [1.165, 1.54) is 18.3 Å². The summed E-state index contributed by atoms with van der Waals surface area (Å²) in [5.41, 5.74) is 1.25. The van der Waals surface area contributed by atoms with Gasteiger partial charge in [0.15, 0.2) is 0 Å². The van der Waals surface area contributed by atoms with Crippen molar-refractivity contribution >= 4 is 40.8 Å². The van der Waals surface area contributed by atoms with Crippen molar-refractivity contribution in [2.24, 2.45) is 0 Å². The third-order valence-electron chi connectivity index (χ3n) is 2.74. The van der Waals surface area contributed by atoms with E-state index in [9.17, 15) is 9.59 Å². The minimum Gasteiger partial charge on any atom is -0.477 e. The second-order valence-electron chi connectivity index (χ2n) is 4.27. The largest absolute Gasteiger partial charge is 0.477 e. The van der Waals surface area contributed by atoms with Gasteiger partial charge in [-0.1, -0.05) is 23.2 Å². The van der Waals surface area contributed by atoms with Crippen molar-refractivity contribution in [3.63, 3.8) is 0 Å². The first-order valence-corrected chi connectivity index (χ1v) is 6.60. The van der Waals surface area contributed by atoms with Gasteiger partial charge in [0.2, 0.25) is 0 Å². The Morgan fingerprint density at radius 2 is 1.90 bits per heavy atom. The van der Waals surface area contributed by atoms with Gasteiger partial charge in [-0.2, -0.15) is 0 Å². The molecule has 1 amide bonds. The maximum Gasteiger partial charge on any atom is 0.354 e. The lowest BCUT2D eigenvalue weighted by Gasteiger charge is -2.09. The summed E-state index contributed by atoms with van der Waals surface area (Å²) in [4.78, 5) is 26.4. The van der Waals surface area contributed by atoms with Gasteiger partial charge in [-0.25, -0.2) is 9.78 Å². The zero-order chi connectivity index (χ0) is 15.6. The monoisotopic (exact) mass is 324 g/mol. The number of halogens is 2. The third kappa shape index (κ3) is 3.51. The minimum absolute atomic E-state index is 0.136. The molecule has 0 saturated carbocycles. The van der Waals surface area contributed by atoms with E-state index in [1.54, 1.807) is 19.1 Å². The Labute approximate surface area is 130 Å². The van der Waals surface area contributed by atoms with Crippen LogP contribution in [0, 0.1) is 6.92 Å². The van der Waals surface area contributed by atoms with Gasteiger partial charge in [-0.05, 0) is 36.8 Å². The normalized spacial score (nSPS) is 10.2. The average molecular weight is 325 g/mol. The van der Waals surface area contributed by atoms with Gasteiger partial charge in [-0.15, -0.1) is 0 Å². The SMILES string of the molecule is Cc1cc(Cl)c(NC(=O)c2ccc(C(=O)O)nc2)cc1Cl. The number of carbonyl (C=O) groups excluding carboxylic acids is 1. The quantitative estimate of drug-likeness (QED) is 0.903. The Kier molecular flexibility index (Phi) is 4.45. The van der Waals surface area contributed by atoms with Crippen LogP contribution in [0.5, 0.6) is 0 Å². The van der Waals surface area contributed by atoms with Crippen molar-refractivity contribution in [3.05, 3.63) is 57.3 Å². The predicted molar refractivity (Wildman–Crippen MR) is 80.3 cm³/mol. The number of aromatic carboxylic acids is 1. The number of carboxylic acid groups (broad SMARTS) is 1. The number of benzene rings is 1. The third-order valence-corrected chi connectivity index (χ3v) is 3.46. The van der Waals surface area contributed by atoms with Crippen molar-refractivity contribution in [1.82, 2.24) is 4.98 Å². The number of nitrogens with one attached hydrogen (secondary N) is 1. The first-order chi connectivity index (χ1) is 9.88. The van der Waals surface area contributed by atoms with Crippen LogP contribution in [-0.4, -0.2) is 22.0 Å². The topological polar surface area (TPSA) is 79.3 Å². The first kappa shape index (κ1) is 15.3. The Hall–Kier alpha value is -2.11. The number of aryl methyl sites for hydroxylation is 1. The lowest BCUT2D eigenvalue weighted by molar-refractivity contribution is 0.0690. The van der Waals surface area contributed by atoms with Gasteiger partial charge in [0.05, 0.1) is 16.3 Å². The molecule has 1 aromatic carbocycles. The second kappa shape index (κ2) is 6.11. The van der Waals surface area contributed by atoms with Crippen molar-refractivity contribution in [3.8, 4) is 0 Å². The molecule has 1 heterocycles. The molecular weight excluding hydrogens is 315 g/mol. The molecule has 0 atom stereocenters. The molecule has 0 aliphatic carbocycles. The molecule has 0 bridgehead atoms. The van der Waals surface area contributed by atoms with Crippen LogP contribution in [-0.2, 0) is 0 Å². The van der Waals surface area contributed by atoms with E-state index in [-0.39, 0.29) is 11.3 Å². The number of carboxylic acids is 1. The zero-order valence-electron chi connectivity index (χ0n) is 10.9. The van der Waals surface area contributed by atoms with Crippen LogP contribution in [0.4, 0.5) is 5.69 Å². The van der Waals surface area contributed by atoms with Crippen LogP contribution in [0.15, 0.2) is 30.5 Å². The van der Waals surface area contributed by atoms with Crippen molar-refractivity contribution in [2.45, 2.75) is 6.92 Å². The number of nitrogens with zero attached hydrogens (tertiary/aromatic N) is 1. The maximum atomic E-state index is 12.0. The number of amides is 1. The highest BCUT2D eigenvalue weighted by molar-refractivity contribution is 6.36. The highest BCUT2D eigenvalue weighted by Crippen LogP contribution is 2.29. The van der Waals surface area contributed by atoms with Gasteiger partial charge >= 0.3 is 5.97 Å². The molecule has 7 heteroatoms. The average Bonchev–Trinajstić information content (AvgIpc) is 2.44. The van der Waals surface area contributed by atoms with Crippen LogP contribution < -0.4 is 5.32 Å². The second-order valence-corrected chi connectivity index (χ2v) is 5.09. The maximum absolute atomic E-state index is 12.0. The van der Waals surface area contributed by atoms with Gasteiger partial charge < -0.3 is 10.4 Å². The van der Waals surface area contributed by atoms with E-state index in [0.29, 0.717) is 15.7 Å². The number of carbonyl (C=O) groups is 2. The number of hydrogen-bond donors (Lipinski definition) is 2. The molecule has 2 N–H and O–H groups in total. The summed E-state index contributed by atoms with van der Waals surface area (Å²) in [5, 5.41) is 12.2. The molecule has 0 fully saturated rings. The fourth-order valence-corrected chi connectivity index (χ4v) is 2.02. The fraction of sp³-hybridized carbons (Fsp3) is 0.0714. The fourth-order valence-electron chi connectivity index (χ4n) is 1.59. The van der Waals surface area contributed by atoms with E-state index in [4.69, 9.17) is 28.3 Å². The Morgan fingerprint density at radius 1 is 1.19 bits per heavy atom. The van der Waals surface area contributed by atoms with Gasteiger partial charge in [0, 0.05) is 11.2 Å². The highest BCUT2D eigenvalue weighted by Gasteiger charge is 2.12. The molecule has 21 heavy (non-hydrogen) atoms. The molecule has 0 spiro atoms. The Bertz CT molecular complexity index is 715. The highest BCUT2D eigenvalue weighted by atomic mass is 35.5. The summed E-state index contributed by atoms with van der Waals surface area (Å²) >= 11 is 12.0. The van der Waals surface area contributed by atoms with Gasteiger partial charge in [-0.3, -0.25) is 4.79 Å². The molecule has 2 rings (SSSR count). The lowest BCUT2D eigenvalue weighted by atomic mass is 10.2. The molecule has 0 aliphatic rings. The Balaban J connectivity index is 2.22. The number of anilines is 1. The van der Waals surface area contributed by atoms with Crippen LogP contribution >= 0.6 is 23.2 Å². The first-order valence-electron chi connectivity index (χ1n) is 5.85. The van der Waals surface area contributed by atoms with Gasteiger partial charge in [0.25, 0.3) is 5.91 Å². The lowest BCUT2D eigenvalue weighted by Crippen LogP contribution is -2.13. The molecule has 0 unspecified atom stereocenters. The van der Waals surface area contributed by atoms with Crippen molar-refractivity contribution in [2.75, 3.05) is 5.32 Å². The van der Waals surface area contributed by atoms with E-state index in [0.717, 1.165) is 5.56 Å². The molecule has 0 aliphatic heterocycles. The number of aromatic nitrogens is 1. The summed E-state index contributed by atoms with van der Waals surface area (Å²) in [6.45, 7) is 1.80. The summed E-state index contributed by atoms with van der Waals surface area (Å²) in [6, 6.07) is 5.82. The molecule has 2 aromatic rings. The summed E-state index contributed by atoms with van der Waals surface area (Å²) in [6.07, 6.45) is 1.18. The number of pyridine rings is 1. The zero-order valence-corrected chi connectivity index (χ0v) is 12.4. The minimum atomic E-state index is -1.16. The summed E-state index contributed by atoms with van der Waals surface area (Å²) in [7, 11) is 0. The molecule has 1 aromatic heterocycles. The predicted octanol–water partition coefficient (Wildman–Crippen LogP) is 3.65. The standard InChI is InChI=1S/C14H10Cl2N2O3/c1-7-4-10(16)12(5-9(7)15)18-13(19)8-2-3-11(14(20)21)17-6-8/h2-6H,1H3,(H,18,19)(H,20,21). The van der Waals surface area contributed by atoms with E-state index in [1.807, 2.05) is 0 Å². The van der Waals surface area contributed by atoms with E-state index < -0.39 is 11.9 Å². The number of hydrogen-bond acceptors (Lipinski definition) is 3. The summed E-state index contributed by atoms with van der Waals surface area (Å²) in [5.74, 6) is -1.61. The number of rotatable bonds is 3. The smallest absolute Gasteiger partial charge is 0.354 e. The molecule has 0 saturated heterocycles. The summed E-state index contributed by atoms with van der Waals surface area (Å²) < 4.78 is 0. The van der Waals surface area contributed by atoms with Crippen LogP contribution in [0.1, 0.15) is 26.4 Å².